The Morgan fingerprint density at radius 1 is 1.13 bits per heavy atom. The SMILES string of the molecule is COC(=O)[C@H](Cc1c[nH]c2ccccc12)NC(=O)C[NH+]1CC=C(c2ccccc2)CC1. The zero-order chi connectivity index (χ0) is 21.6. The van der Waals surface area contributed by atoms with Crippen LogP contribution in [0.25, 0.3) is 16.5 Å². The van der Waals surface area contributed by atoms with Crippen LogP contribution in [0, 0.1) is 0 Å². The lowest BCUT2D eigenvalue weighted by Gasteiger charge is -2.24. The summed E-state index contributed by atoms with van der Waals surface area (Å²) >= 11 is 0. The summed E-state index contributed by atoms with van der Waals surface area (Å²) in [7, 11) is 1.35. The van der Waals surface area contributed by atoms with Crippen molar-refractivity contribution in [3.63, 3.8) is 0 Å². The van der Waals surface area contributed by atoms with Gasteiger partial charge in [0.25, 0.3) is 5.91 Å². The van der Waals surface area contributed by atoms with Gasteiger partial charge in [-0.25, -0.2) is 4.79 Å². The van der Waals surface area contributed by atoms with E-state index in [1.807, 2.05) is 48.7 Å². The van der Waals surface area contributed by atoms with Crippen LogP contribution in [0.4, 0.5) is 0 Å². The van der Waals surface area contributed by atoms with Crippen LogP contribution in [-0.4, -0.2) is 49.6 Å². The average Bonchev–Trinajstić information content (AvgIpc) is 3.22. The highest BCUT2D eigenvalue weighted by Crippen LogP contribution is 2.20. The molecule has 6 heteroatoms. The summed E-state index contributed by atoms with van der Waals surface area (Å²) in [5, 5.41) is 3.94. The number of esters is 1. The van der Waals surface area contributed by atoms with E-state index in [1.54, 1.807) is 0 Å². The van der Waals surface area contributed by atoms with Crippen LogP contribution in [0.15, 0.2) is 66.9 Å². The van der Waals surface area contributed by atoms with Gasteiger partial charge in [-0.2, -0.15) is 0 Å². The molecule has 1 aromatic heterocycles. The molecule has 1 aliphatic rings. The third kappa shape index (κ3) is 5.03. The highest BCUT2D eigenvalue weighted by Gasteiger charge is 2.26. The lowest BCUT2D eigenvalue weighted by Crippen LogP contribution is -3.13. The highest BCUT2D eigenvalue weighted by atomic mass is 16.5. The van der Waals surface area contributed by atoms with Crippen LogP contribution < -0.4 is 10.2 Å². The van der Waals surface area contributed by atoms with Crippen LogP contribution in [0.2, 0.25) is 0 Å². The highest BCUT2D eigenvalue weighted by molar-refractivity contribution is 5.87. The van der Waals surface area contributed by atoms with Crippen molar-refractivity contribution in [1.82, 2.24) is 10.3 Å². The third-order valence-corrected chi connectivity index (χ3v) is 5.86. The predicted molar refractivity (Wildman–Crippen MR) is 121 cm³/mol. The van der Waals surface area contributed by atoms with Gasteiger partial charge in [0.05, 0.1) is 20.2 Å². The molecule has 0 fully saturated rings. The van der Waals surface area contributed by atoms with Gasteiger partial charge < -0.3 is 19.9 Å². The molecule has 0 saturated heterocycles. The maximum Gasteiger partial charge on any atom is 0.328 e. The number of benzene rings is 2. The molecular weight excluding hydrogens is 390 g/mol. The van der Waals surface area contributed by atoms with Crippen molar-refractivity contribution in [1.29, 1.82) is 0 Å². The van der Waals surface area contributed by atoms with E-state index < -0.39 is 12.0 Å². The molecule has 0 spiro atoms. The normalized spacial score (nSPS) is 17.1. The Morgan fingerprint density at radius 3 is 2.65 bits per heavy atom. The number of para-hydroxylation sites is 1. The zero-order valence-electron chi connectivity index (χ0n) is 17.7. The van der Waals surface area contributed by atoms with Crippen LogP contribution >= 0.6 is 0 Å². The summed E-state index contributed by atoms with van der Waals surface area (Å²) in [6.07, 6.45) is 5.42. The largest absolute Gasteiger partial charge is 0.467 e. The molecule has 2 atom stereocenters. The number of hydrogen-bond acceptors (Lipinski definition) is 3. The first-order valence-corrected chi connectivity index (χ1v) is 10.6. The summed E-state index contributed by atoms with van der Waals surface area (Å²) in [6, 6.07) is 17.5. The molecule has 0 bridgehead atoms. The average molecular weight is 419 g/mol. The smallest absolute Gasteiger partial charge is 0.328 e. The first kappa shape index (κ1) is 20.9. The molecule has 2 heterocycles. The Balaban J connectivity index is 1.37. The van der Waals surface area contributed by atoms with Gasteiger partial charge in [-0.1, -0.05) is 48.5 Å². The number of rotatable bonds is 7. The van der Waals surface area contributed by atoms with E-state index in [0.29, 0.717) is 13.0 Å². The van der Waals surface area contributed by atoms with Crippen molar-refractivity contribution >= 4 is 28.4 Å². The molecule has 0 radical (unpaired) electrons. The van der Waals surface area contributed by atoms with Crippen molar-refractivity contribution in [3.8, 4) is 0 Å². The number of aromatic nitrogens is 1. The number of ether oxygens (including phenoxy) is 1. The first-order chi connectivity index (χ1) is 15.1. The lowest BCUT2D eigenvalue weighted by molar-refractivity contribution is -0.886. The molecule has 1 amide bonds. The van der Waals surface area contributed by atoms with Gasteiger partial charge in [-0.05, 0) is 28.8 Å². The lowest BCUT2D eigenvalue weighted by atomic mass is 9.99. The number of carbonyl (C=O) groups excluding carboxylic acids is 2. The van der Waals surface area contributed by atoms with Crippen molar-refractivity contribution < 1.29 is 19.2 Å². The van der Waals surface area contributed by atoms with Crippen molar-refractivity contribution in [2.24, 2.45) is 0 Å². The Hall–Kier alpha value is -3.38. The molecule has 160 valence electrons. The molecule has 1 unspecified atom stereocenters. The number of hydrogen-bond donors (Lipinski definition) is 3. The monoisotopic (exact) mass is 418 g/mol. The summed E-state index contributed by atoms with van der Waals surface area (Å²) in [5.41, 5.74) is 4.56. The zero-order valence-corrected chi connectivity index (χ0v) is 17.7. The quantitative estimate of drug-likeness (QED) is 0.512. The summed E-state index contributed by atoms with van der Waals surface area (Å²) in [6.45, 7) is 2.02. The summed E-state index contributed by atoms with van der Waals surface area (Å²) in [4.78, 5) is 29.5. The van der Waals surface area contributed by atoms with E-state index >= 15 is 0 Å². The van der Waals surface area contributed by atoms with E-state index in [0.717, 1.165) is 36.0 Å². The summed E-state index contributed by atoms with van der Waals surface area (Å²) in [5.74, 6) is -0.569. The van der Waals surface area contributed by atoms with Gasteiger partial charge in [0, 0.05) is 29.9 Å². The molecule has 1 aliphatic heterocycles. The Kier molecular flexibility index (Phi) is 6.48. The van der Waals surface area contributed by atoms with Gasteiger partial charge in [-0.15, -0.1) is 0 Å². The van der Waals surface area contributed by atoms with Crippen molar-refractivity contribution in [3.05, 3.63) is 78.0 Å². The number of fused-ring (bicyclic) bond motifs is 1. The molecule has 3 aromatic rings. The van der Waals surface area contributed by atoms with Crippen LogP contribution in [0.3, 0.4) is 0 Å². The van der Waals surface area contributed by atoms with Crippen molar-refractivity contribution in [2.75, 3.05) is 26.7 Å². The summed E-state index contributed by atoms with van der Waals surface area (Å²) < 4.78 is 4.95. The van der Waals surface area contributed by atoms with E-state index in [9.17, 15) is 9.59 Å². The van der Waals surface area contributed by atoms with E-state index in [2.05, 4.69) is 28.5 Å². The number of H-pyrrole nitrogens is 1. The fraction of sp³-hybridized carbons (Fsp3) is 0.280. The molecule has 4 rings (SSSR count). The second-order valence-electron chi connectivity index (χ2n) is 7.93. The van der Waals surface area contributed by atoms with Crippen LogP contribution in [0.5, 0.6) is 0 Å². The van der Waals surface area contributed by atoms with Crippen LogP contribution in [-0.2, 0) is 20.7 Å². The maximum atomic E-state index is 12.7. The van der Waals surface area contributed by atoms with Gasteiger partial charge >= 0.3 is 5.97 Å². The number of carbonyl (C=O) groups is 2. The standard InChI is InChI=1S/C25H27N3O3/c1-31-25(30)23(15-20-16-26-22-10-6-5-9-21(20)22)27-24(29)17-28-13-11-19(12-14-28)18-7-3-2-4-8-18/h2-11,16,23,26H,12-15,17H2,1H3,(H,27,29)/p+1/t23-/m0/s1. The number of quaternary nitrogens is 1. The fourth-order valence-electron chi connectivity index (χ4n) is 4.19. The molecule has 6 nitrogen and oxygen atoms in total. The molecule has 31 heavy (non-hydrogen) atoms. The Morgan fingerprint density at radius 2 is 1.90 bits per heavy atom. The minimum atomic E-state index is -0.712. The van der Waals surface area contributed by atoms with Crippen LogP contribution in [0.1, 0.15) is 17.5 Å². The molecule has 0 aliphatic carbocycles. The molecule has 2 aromatic carbocycles. The predicted octanol–water partition coefficient (Wildman–Crippen LogP) is 1.74. The second kappa shape index (κ2) is 9.62. The Bertz CT molecular complexity index is 1090. The topological polar surface area (TPSA) is 75.6 Å². The van der Waals surface area contributed by atoms with Crippen molar-refractivity contribution in [2.45, 2.75) is 18.9 Å². The third-order valence-electron chi connectivity index (χ3n) is 5.86. The van der Waals surface area contributed by atoms with E-state index in [4.69, 9.17) is 4.74 Å². The van der Waals surface area contributed by atoms with Gasteiger partial charge in [0.1, 0.15) is 6.04 Å². The van der Waals surface area contributed by atoms with Gasteiger partial charge in [0.2, 0.25) is 0 Å². The van der Waals surface area contributed by atoms with Gasteiger partial charge in [-0.3, -0.25) is 4.79 Å². The molecule has 3 N–H and O–H groups in total. The molecular formula is C25H28N3O3+. The van der Waals surface area contributed by atoms with E-state index in [1.165, 1.54) is 23.1 Å². The fourth-order valence-corrected chi connectivity index (χ4v) is 4.19. The number of aromatic amines is 1. The maximum absolute atomic E-state index is 12.7. The minimum Gasteiger partial charge on any atom is -0.467 e. The van der Waals surface area contributed by atoms with E-state index in [-0.39, 0.29) is 5.91 Å². The minimum absolute atomic E-state index is 0.137. The second-order valence-corrected chi connectivity index (χ2v) is 7.93. The van der Waals surface area contributed by atoms with Gasteiger partial charge in [0.15, 0.2) is 6.54 Å². The number of methoxy groups -OCH3 is 1. The Labute approximate surface area is 181 Å². The first-order valence-electron chi connectivity index (χ1n) is 10.6. The number of nitrogens with one attached hydrogen (secondary N) is 3. The number of amides is 1. The molecule has 0 saturated carbocycles.